The Hall–Kier alpha value is -7.30. The zero-order valence-electron chi connectivity index (χ0n) is 35.6. The highest BCUT2D eigenvalue weighted by atomic mass is 19.3. The Morgan fingerprint density at radius 1 is 1.00 bits per heavy atom. The van der Waals surface area contributed by atoms with E-state index in [1.54, 1.807) is 42.6 Å². The topological polar surface area (TPSA) is 203 Å². The number of anilines is 2. The molecule has 340 valence electrons. The first-order valence-corrected chi connectivity index (χ1v) is 21.7. The predicted molar refractivity (Wildman–Crippen MR) is 233 cm³/mol. The number of benzene rings is 2. The number of nitrogens with zero attached hydrogens (tertiary/aromatic N) is 6. The van der Waals surface area contributed by atoms with Gasteiger partial charge in [-0.3, -0.25) is 34.3 Å². The van der Waals surface area contributed by atoms with Crippen molar-refractivity contribution >= 4 is 41.1 Å². The number of ether oxygens (including phenoxy) is 2. The summed E-state index contributed by atoms with van der Waals surface area (Å²) in [6.45, 7) is 3.31. The smallest absolute Gasteiger partial charge is 0.411 e. The third kappa shape index (κ3) is 10.5. The lowest BCUT2D eigenvalue weighted by Crippen LogP contribution is -2.52. The Labute approximate surface area is 377 Å². The van der Waals surface area contributed by atoms with Crippen LogP contribution in [0, 0.1) is 17.8 Å². The first-order valence-electron chi connectivity index (χ1n) is 21.7. The fourth-order valence-electron chi connectivity index (χ4n) is 7.96. The highest BCUT2D eigenvalue weighted by molar-refractivity contribution is 6.03. The molecule has 3 atom stereocenters. The summed E-state index contributed by atoms with van der Waals surface area (Å²) in [5.74, 6) is 6.15. The number of carbonyl (C=O) groups is 5. The Morgan fingerprint density at radius 2 is 1.82 bits per heavy atom. The number of Topliss-reactive ketones (excluding diaryl/α,β-unsaturated/α-hetero) is 1. The molecule has 6 heterocycles. The van der Waals surface area contributed by atoms with E-state index in [-0.39, 0.29) is 60.9 Å². The van der Waals surface area contributed by atoms with E-state index in [9.17, 15) is 32.8 Å². The van der Waals surface area contributed by atoms with Gasteiger partial charge in [0.25, 0.3) is 12.3 Å². The van der Waals surface area contributed by atoms with Gasteiger partial charge >= 0.3 is 6.09 Å². The van der Waals surface area contributed by atoms with E-state index in [4.69, 9.17) is 13.9 Å². The van der Waals surface area contributed by atoms with Crippen molar-refractivity contribution in [3.63, 3.8) is 0 Å². The lowest BCUT2D eigenvalue weighted by molar-refractivity contribution is -0.136. The number of alkyl halides is 2. The van der Waals surface area contributed by atoms with Gasteiger partial charge in [0.05, 0.1) is 43.4 Å². The number of carbonyl (C=O) groups excluding carboxylic acids is 5. The first-order chi connectivity index (χ1) is 32.0. The van der Waals surface area contributed by atoms with Gasteiger partial charge in [-0.05, 0) is 85.7 Å². The number of rotatable bonds is 15. The van der Waals surface area contributed by atoms with E-state index in [1.807, 2.05) is 24.3 Å². The van der Waals surface area contributed by atoms with Crippen LogP contribution in [-0.4, -0.2) is 111 Å². The summed E-state index contributed by atoms with van der Waals surface area (Å²) in [7, 11) is 0. The van der Waals surface area contributed by atoms with Crippen molar-refractivity contribution in [2.24, 2.45) is 5.92 Å². The third-order valence-electron chi connectivity index (χ3n) is 11.8. The fraction of sp³-hybridized carbons (Fsp3) is 0.362. The van der Waals surface area contributed by atoms with Gasteiger partial charge in [-0.15, -0.1) is 0 Å². The van der Waals surface area contributed by atoms with Crippen molar-refractivity contribution < 1.29 is 46.6 Å². The number of oxazole rings is 1. The number of hydrogen-bond acceptors (Lipinski definition) is 13. The maximum atomic E-state index is 14.1. The molecule has 19 heteroatoms. The number of halogens is 2. The van der Waals surface area contributed by atoms with Crippen LogP contribution in [0.1, 0.15) is 88.7 Å². The van der Waals surface area contributed by atoms with Crippen LogP contribution < -0.4 is 16.0 Å². The molecule has 3 aromatic heterocycles. The molecular weight excluding hydrogens is 857 g/mol. The standard InChI is InChI=1S/C47H45F2N9O8/c48-43(49)42-35(52-44(61)36-27-65-46(53-36)32-17-18-50-40(22-32)51-23-29-3-4-29)25-58(55-42)33-11-9-30(10-12-33)38(59)15-13-34-24-56(20-21-64-34)19-1-2-28-5-7-31(8-6-28)39-26-57(47(63)66-39)37-14-16-41(60)54-45(37)62/h5-12,17-18,22,25,27,29,34,37,39,43H,3-4,13-16,19-21,23-24,26H2,(H,50,51)(H,52,61)(H,54,60,62)/t34-,37?,39+/m0/s1. The van der Waals surface area contributed by atoms with Crippen LogP contribution in [-0.2, 0) is 19.1 Å². The summed E-state index contributed by atoms with van der Waals surface area (Å²) in [6, 6.07) is 16.5. The number of piperidine rings is 1. The summed E-state index contributed by atoms with van der Waals surface area (Å²) < 4.78 is 46.5. The molecule has 0 spiro atoms. The molecule has 4 fully saturated rings. The van der Waals surface area contributed by atoms with Gasteiger partial charge in [0.2, 0.25) is 17.7 Å². The second-order valence-corrected chi connectivity index (χ2v) is 16.6. The minimum atomic E-state index is -2.99. The fourth-order valence-corrected chi connectivity index (χ4v) is 7.96. The zero-order valence-corrected chi connectivity index (χ0v) is 35.6. The van der Waals surface area contributed by atoms with Gasteiger partial charge in [0.1, 0.15) is 24.2 Å². The van der Waals surface area contributed by atoms with E-state index >= 15 is 0 Å². The zero-order chi connectivity index (χ0) is 45.7. The number of imide groups is 1. The summed E-state index contributed by atoms with van der Waals surface area (Å²) in [4.78, 5) is 74.8. The maximum Gasteiger partial charge on any atom is 0.411 e. The number of nitrogens with one attached hydrogen (secondary N) is 3. The normalized spacial score (nSPS) is 19.8. The van der Waals surface area contributed by atoms with Crippen molar-refractivity contribution in [1.82, 2.24) is 34.9 Å². The molecule has 0 radical (unpaired) electrons. The molecule has 5 aromatic rings. The Kier molecular flexibility index (Phi) is 12.9. The second kappa shape index (κ2) is 19.4. The quantitative estimate of drug-likeness (QED) is 0.0633. The summed E-state index contributed by atoms with van der Waals surface area (Å²) >= 11 is 0. The Morgan fingerprint density at radius 3 is 2.59 bits per heavy atom. The maximum absolute atomic E-state index is 14.1. The van der Waals surface area contributed by atoms with E-state index in [0.29, 0.717) is 61.2 Å². The lowest BCUT2D eigenvalue weighted by atomic mass is 10.0. The molecule has 4 aliphatic rings. The van der Waals surface area contributed by atoms with Gasteiger partial charge in [-0.1, -0.05) is 24.0 Å². The van der Waals surface area contributed by atoms with Crippen LogP contribution in [0.15, 0.2) is 83.7 Å². The average molecular weight is 902 g/mol. The molecule has 3 aliphatic heterocycles. The van der Waals surface area contributed by atoms with Crippen molar-refractivity contribution in [1.29, 1.82) is 0 Å². The highest BCUT2D eigenvalue weighted by Gasteiger charge is 2.42. The van der Waals surface area contributed by atoms with Gasteiger partial charge in [0, 0.05) is 55.4 Å². The SMILES string of the molecule is O=C1CCC(N2C[C@H](c3ccc(C#CCN4CCO[C@@H](CCC(=O)c5ccc(-n6cc(NC(=O)c7coc(-c8ccnc(NCC9CC9)c8)n7)c(C(F)F)n6)cc5)C4)cc3)OC2=O)C(=O)N1. The Balaban J connectivity index is 0.738. The number of pyridine rings is 1. The molecule has 9 rings (SSSR count). The minimum absolute atomic E-state index is 0.104. The molecular formula is C47H45F2N9O8. The van der Waals surface area contributed by atoms with Crippen LogP contribution in [0.3, 0.4) is 0 Å². The highest BCUT2D eigenvalue weighted by Crippen LogP contribution is 2.32. The van der Waals surface area contributed by atoms with E-state index in [2.05, 4.69) is 47.8 Å². The Bertz CT molecular complexity index is 2690. The van der Waals surface area contributed by atoms with Crippen LogP contribution in [0.2, 0.25) is 0 Å². The molecule has 3 N–H and O–H groups in total. The number of ketones is 1. The minimum Gasteiger partial charge on any atom is -0.444 e. The van der Waals surface area contributed by atoms with Gasteiger partial charge < -0.3 is 24.5 Å². The summed E-state index contributed by atoms with van der Waals surface area (Å²) in [6.07, 6.45) is 3.28. The number of hydrogen-bond donors (Lipinski definition) is 3. The molecule has 66 heavy (non-hydrogen) atoms. The van der Waals surface area contributed by atoms with Crippen LogP contribution in [0.4, 0.5) is 25.1 Å². The van der Waals surface area contributed by atoms with Crippen LogP contribution in [0.25, 0.3) is 17.1 Å². The number of aromatic nitrogens is 4. The third-order valence-corrected chi connectivity index (χ3v) is 11.8. The van der Waals surface area contributed by atoms with Crippen LogP contribution in [0.5, 0.6) is 0 Å². The van der Waals surface area contributed by atoms with Crippen molar-refractivity contribution in [3.8, 4) is 29.0 Å². The average Bonchev–Trinajstić information content (AvgIpc) is 3.64. The van der Waals surface area contributed by atoms with E-state index < -0.39 is 42.2 Å². The molecule has 0 bridgehead atoms. The van der Waals surface area contributed by atoms with Gasteiger partial charge in [-0.25, -0.2) is 28.2 Å². The number of cyclic esters (lactones) is 1. The molecule has 3 saturated heterocycles. The molecule has 1 saturated carbocycles. The van der Waals surface area contributed by atoms with Crippen molar-refractivity contribution in [3.05, 3.63) is 107 Å². The molecule has 17 nitrogen and oxygen atoms in total. The van der Waals surface area contributed by atoms with Crippen molar-refractivity contribution in [2.45, 2.75) is 63.2 Å². The first kappa shape index (κ1) is 43.9. The molecule has 4 amide bonds. The van der Waals surface area contributed by atoms with Gasteiger partial charge in [-0.2, -0.15) is 5.10 Å². The number of morpholine rings is 1. The largest absolute Gasteiger partial charge is 0.444 e. The lowest BCUT2D eigenvalue weighted by Gasteiger charge is -2.31. The van der Waals surface area contributed by atoms with Crippen LogP contribution >= 0.6 is 0 Å². The predicted octanol–water partition coefficient (Wildman–Crippen LogP) is 5.95. The van der Waals surface area contributed by atoms with Crippen molar-refractivity contribution in [2.75, 3.05) is 50.0 Å². The molecule has 1 aliphatic carbocycles. The molecule has 1 unspecified atom stereocenters. The van der Waals surface area contributed by atoms with E-state index in [1.165, 1.54) is 28.6 Å². The summed E-state index contributed by atoms with van der Waals surface area (Å²) in [5, 5.41) is 12.1. The van der Waals surface area contributed by atoms with Gasteiger partial charge in [0.15, 0.2) is 17.2 Å². The summed E-state index contributed by atoms with van der Waals surface area (Å²) in [5.41, 5.74) is 2.06. The monoisotopic (exact) mass is 901 g/mol. The van der Waals surface area contributed by atoms with E-state index in [0.717, 1.165) is 23.9 Å². The second-order valence-electron chi connectivity index (χ2n) is 16.6. The molecule has 2 aromatic carbocycles. The number of amides is 4.